The molecule has 1 aromatic heterocycles. The molecule has 3 N–H and O–H groups in total. The Kier molecular flexibility index (Phi) is 4.30. The van der Waals surface area contributed by atoms with Crippen LogP contribution in [0.4, 0.5) is 5.82 Å². The van der Waals surface area contributed by atoms with Crippen molar-refractivity contribution in [2.75, 3.05) is 32.9 Å². The van der Waals surface area contributed by atoms with Gasteiger partial charge in [0, 0.05) is 20.6 Å². The molecular formula is C9H17N5O3S. The van der Waals surface area contributed by atoms with Gasteiger partial charge < -0.3 is 10.6 Å². The number of hydrogen-bond donors (Lipinski definition) is 2. The van der Waals surface area contributed by atoms with Gasteiger partial charge in [0.05, 0.1) is 12.7 Å². The Morgan fingerprint density at radius 3 is 2.50 bits per heavy atom. The van der Waals surface area contributed by atoms with Crippen LogP contribution in [0.3, 0.4) is 0 Å². The number of nitrogens with one attached hydrogen (secondary N) is 1. The number of carbonyl (C=O) groups excluding carboxylic acids is 1. The van der Waals surface area contributed by atoms with Crippen molar-refractivity contribution in [1.29, 1.82) is 0 Å². The van der Waals surface area contributed by atoms with E-state index in [1.807, 2.05) is 0 Å². The van der Waals surface area contributed by atoms with Crippen LogP contribution in [0, 0.1) is 0 Å². The van der Waals surface area contributed by atoms with E-state index in [2.05, 4.69) is 10.2 Å². The van der Waals surface area contributed by atoms with Crippen molar-refractivity contribution in [2.45, 2.75) is 11.8 Å². The molecule has 1 amide bonds. The maximum atomic E-state index is 12.2. The van der Waals surface area contributed by atoms with Crippen LogP contribution in [-0.4, -0.2) is 60.9 Å². The molecule has 0 unspecified atom stereocenters. The summed E-state index contributed by atoms with van der Waals surface area (Å²) in [6.07, 6.45) is 1.13. The summed E-state index contributed by atoms with van der Waals surface area (Å²) in [6.45, 7) is 1.60. The molecule has 0 radical (unpaired) electrons. The fourth-order valence-corrected chi connectivity index (χ4v) is 2.70. The monoisotopic (exact) mass is 275 g/mol. The zero-order valence-corrected chi connectivity index (χ0v) is 11.4. The third kappa shape index (κ3) is 2.79. The average molecular weight is 275 g/mol. The van der Waals surface area contributed by atoms with Crippen molar-refractivity contribution in [2.24, 2.45) is 0 Å². The standard InChI is InChI=1S/C9H17N5O3S/c1-4-14(6-8(15)13(2)3)18(16,17)7-5-11-12-9(7)10/h5H,4,6H2,1-3H3,(H3,10,11,12). The lowest BCUT2D eigenvalue weighted by Crippen LogP contribution is -2.40. The molecule has 1 aromatic rings. The van der Waals surface area contributed by atoms with E-state index < -0.39 is 10.0 Å². The second kappa shape index (κ2) is 5.36. The van der Waals surface area contributed by atoms with Crippen LogP contribution in [0.2, 0.25) is 0 Å². The molecule has 18 heavy (non-hydrogen) atoms. The lowest BCUT2D eigenvalue weighted by Gasteiger charge is -2.21. The number of nitrogen functional groups attached to an aromatic ring is 1. The molecule has 1 rings (SSSR count). The lowest BCUT2D eigenvalue weighted by atomic mass is 10.5. The Bertz CT molecular complexity index is 522. The van der Waals surface area contributed by atoms with E-state index in [0.29, 0.717) is 0 Å². The van der Waals surface area contributed by atoms with E-state index in [1.165, 1.54) is 4.90 Å². The van der Waals surface area contributed by atoms with Crippen LogP contribution >= 0.6 is 0 Å². The molecule has 0 aromatic carbocycles. The number of hydrogen-bond acceptors (Lipinski definition) is 5. The molecule has 8 nitrogen and oxygen atoms in total. The first kappa shape index (κ1) is 14.5. The van der Waals surface area contributed by atoms with Crippen LogP contribution in [0.5, 0.6) is 0 Å². The van der Waals surface area contributed by atoms with Crippen molar-refractivity contribution in [1.82, 2.24) is 19.4 Å². The van der Waals surface area contributed by atoms with Crippen molar-refractivity contribution < 1.29 is 13.2 Å². The Morgan fingerprint density at radius 1 is 1.50 bits per heavy atom. The largest absolute Gasteiger partial charge is 0.383 e. The van der Waals surface area contributed by atoms with Gasteiger partial charge in [-0.3, -0.25) is 9.89 Å². The average Bonchev–Trinajstić information content (AvgIpc) is 2.72. The second-order valence-electron chi connectivity index (χ2n) is 3.87. The highest BCUT2D eigenvalue weighted by molar-refractivity contribution is 7.89. The predicted octanol–water partition coefficient (Wildman–Crippen LogP) is -0.909. The number of rotatable bonds is 5. The van der Waals surface area contributed by atoms with Gasteiger partial charge >= 0.3 is 0 Å². The van der Waals surface area contributed by atoms with E-state index in [0.717, 1.165) is 10.5 Å². The molecule has 102 valence electrons. The quantitative estimate of drug-likeness (QED) is 0.722. The van der Waals surface area contributed by atoms with E-state index in [4.69, 9.17) is 5.73 Å². The molecule has 0 saturated carbocycles. The van der Waals surface area contributed by atoms with E-state index in [-0.39, 0.29) is 29.7 Å². The smallest absolute Gasteiger partial charge is 0.248 e. The Hall–Kier alpha value is -1.61. The summed E-state index contributed by atoms with van der Waals surface area (Å²) in [7, 11) is -0.671. The van der Waals surface area contributed by atoms with Crippen LogP contribution in [0.25, 0.3) is 0 Å². The predicted molar refractivity (Wildman–Crippen MR) is 66.1 cm³/mol. The Labute approximate surface area is 106 Å². The molecule has 0 saturated heterocycles. The van der Waals surface area contributed by atoms with Crippen molar-refractivity contribution in [3.63, 3.8) is 0 Å². The van der Waals surface area contributed by atoms with E-state index in [1.54, 1.807) is 21.0 Å². The van der Waals surface area contributed by atoms with Crippen LogP contribution in [0.15, 0.2) is 11.1 Å². The molecular weight excluding hydrogens is 258 g/mol. The molecule has 0 aliphatic heterocycles. The van der Waals surface area contributed by atoms with Gasteiger partial charge in [-0.1, -0.05) is 6.92 Å². The summed E-state index contributed by atoms with van der Waals surface area (Å²) in [4.78, 5) is 12.8. The van der Waals surface area contributed by atoms with Gasteiger partial charge in [-0.15, -0.1) is 0 Å². The number of carbonyl (C=O) groups is 1. The van der Waals surface area contributed by atoms with Crippen LogP contribution in [0.1, 0.15) is 6.92 Å². The highest BCUT2D eigenvalue weighted by Gasteiger charge is 2.28. The highest BCUT2D eigenvalue weighted by atomic mass is 32.2. The van der Waals surface area contributed by atoms with Gasteiger partial charge in [-0.25, -0.2) is 8.42 Å². The Balaban J connectivity index is 3.02. The first-order chi connectivity index (χ1) is 8.30. The number of likely N-dealkylation sites (N-methyl/N-ethyl adjacent to an activating group) is 2. The number of nitrogens with zero attached hydrogens (tertiary/aromatic N) is 3. The maximum absolute atomic E-state index is 12.2. The van der Waals surface area contributed by atoms with Crippen molar-refractivity contribution in [3.8, 4) is 0 Å². The zero-order valence-electron chi connectivity index (χ0n) is 10.5. The second-order valence-corrected chi connectivity index (χ2v) is 5.77. The minimum atomic E-state index is -3.80. The Morgan fingerprint density at radius 2 is 2.11 bits per heavy atom. The summed E-state index contributed by atoms with van der Waals surface area (Å²) in [5, 5.41) is 5.92. The van der Waals surface area contributed by atoms with Crippen LogP contribution < -0.4 is 5.73 Å². The van der Waals surface area contributed by atoms with Crippen molar-refractivity contribution >= 4 is 21.7 Å². The third-order valence-corrected chi connectivity index (χ3v) is 4.36. The zero-order chi connectivity index (χ0) is 13.9. The molecule has 0 fully saturated rings. The maximum Gasteiger partial charge on any atom is 0.248 e. The van der Waals surface area contributed by atoms with Crippen molar-refractivity contribution in [3.05, 3.63) is 6.20 Å². The van der Waals surface area contributed by atoms with Gasteiger partial charge in [0.25, 0.3) is 0 Å². The first-order valence-corrected chi connectivity index (χ1v) is 6.73. The number of anilines is 1. The highest BCUT2D eigenvalue weighted by Crippen LogP contribution is 2.19. The summed E-state index contributed by atoms with van der Waals surface area (Å²) < 4.78 is 25.5. The number of sulfonamides is 1. The molecule has 0 spiro atoms. The molecule has 1 heterocycles. The molecule has 0 bridgehead atoms. The van der Waals surface area contributed by atoms with Gasteiger partial charge in [0.1, 0.15) is 10.7 Å². The lowest BCUT2D eigenvalue weighted by molar-refractivity contribution is -0.128. The summed E-state index contributed by atoms with van der Waals surface area (Å²) in [5.41, 5.74) is 5.49. The van der Waals surface area contributed by atoms with Gasteiger partial charge in [0.2, 0.25) is 15.9 Å². The molecule has 0 aliphatic rings. The third-order valence-electron chi connectivity index (χ3n) is 2.41. The molecule has 9 heteroatoms. The van der Waals surface area contributed by atoms with Gasteiger partial charge in [-0.2, -0.15) is 9.40 Å². The van der Waals surface area contributed by atoms with Gasteiger partial charge in [0.15, 0.2) is 0 Å². The molecule has 0 atom stereocenters. The molecule has 0 aliphatic carbocycles. The number of amides is 1. The number of H-pyrrole nitrogens is 1. The number of aromatic amines is 1. The normalized spacial score (nSPS) is 11.8. The summed E-state index contributed by atoms with van der Waals surface area (Å²) >= 11 is 0. The number of nitrogens with two attached hydrogens (primary N) is 1. The summed E-state index contributed by atoms with van der Waals surface area (Å²) in [6, 6.07) is 0. The first-order valence-electron chi connectivity index (χ1n) is 5.29. The topological polar surface area (TPSA) is 112 Å². The number of aromatic nitrogens is 2. The van der Waals surface area contributed by atoms with E-state index >= 15 is 0 Å². The minimum absolute atomic E-state index is 0.0363. The fraction of sp³-hybridized carbons (Fsp3) is 0.556. The fourth-order valence-electron chi connectivity index (χ4n) is 1.29. The SMILES string of the molecule is CCN(CC(=O)N(C)C)S(=O)(=O)c1cn[nH]c1N. The summed E-state index contributed by atoms with van der Waals surface area (Å²) in [5.74, 6) is -0.340. The minimum Gasteiger partial charge on any atom is -0.383 e. The van der Waals surface area contributed by atoms with Crippen LogP contribution in [-0.2, 0) is 14.8 Å². The van der Waals surface area contributed by atoms with Gasteiger partial charge in [-0.05, 0) is 0 Å². The van der Waals surface area contributed by atoms with E-state index in [9.17, 15) is 13.2 Å².